The van der Waals surface area contributed by atoms with Gasteiger partial charge in [0.25, 0.3) is 0 Å². The van der Waals surface area contributed by atoms with Gasteiger partial charge in [-0.05, 0) is 43.5 Å². The van der Waals surface area contributed by atoms with Crippen LogP contribution in [0.5, 0.6) is 11.5 Å². The maximum Gasteiger partial charge on any atom is 0.324 e. The molecule has 3 rings (SSSR count). The molecule has 5 heteroatoms. The molecule has 2 aromatic carbocycles. The number of nitrogens with zero attached hydrogens (tertiary/aromatic N) is 1. The third-order valence-corrected chi connectivity index (χ3v) is 3.96. The summed E-state index contributed by atoms with van der Waals surface area (Å²) in [5.41, 5.74) is 2.19. The van der Waals surface area contributed by atoms with Crippen molar-refractivity contribution in [3.8, 4) is 11.5 Å². The highest BCUT2D eigenvalue weighted by Crippen LogP contribution is 2.27. The quantitative estimate of drug-likeness (QED) is 0.854. The molecule has 2 amide bonds. The summed E-state index contributed by atoms with van der Waals surface area (Å²) in [6, 6.07) is 15.3. The van der Waals surface area contributed by atoms with Crippen LogP contribution in [0.4, 0.5) is 10.5 Å². The van der Waals surface area contributed by atoms with Crippen LogP contribution in [-0.2, 0) is 6.42 Å². The summed E-state index contributed by atoms with van der Waals surface area (Å²) in [4.78, 5) is 14.2. The van der Waals surface area contributed by atoms with E-state index in [-0.39, 0.29) is 12.8 Å². The van der Waals surface area contributed by atoms with Gasteiger partial charge in [-0.15, -0.1) is 0 Å². The lowest BCUT2D eigenvalue weighted by molar-refractivity contribution is 0.224. The topological polar surface area (TPSA) is 50.8 Å². The maximum absolute atomic E-state index is 12.5. The summed E-state index contributed by atoms with van der Waals surface area (Å²) in [6.07, 6.45) is 1.98. The first-order valence-corrected chi connectivity index (χ1v) is 8.27. The number of fused-ring (bicyclic) bond motifs is 1. The van der Waals surface area contributed by atoms with Gasteiger partial charge in [0.15, 0.2) is 18.2 Å². The maximum atomic E-state index is 12.5. The highest BCUT2D eigenvalue weighted by atomic mass is 16.5. The minimum absolute atomic E-state index is 0.0988. The molecule has 5 nitrogen and oxygen atoms in total. The number of rotatable bonds is 5. The lowest BCUT2D eigenvalue weighted by Gasteiger charge is -2.29. The van der Waals surface area contributed by atoms with Crippen LogP contribution < -0.4 is 19.7 Å². The van der Waals surface area contributed by atoms with Crippen LogP contribution in [0.3, 0.4) is 0 Å². The average molecular weight is 326 g/mol. The van der Waals surface area contributed by atoms with Gasteiger partial charge in [-0.1, -0.05) is 30.3 Å². The largest absolute Gasteiger partial charge is 0.490 e. The third kappa shape index (κ3) is 3.62. The molecule has 0 bridgehead atoms. The van der Waals surface area contributed by atoms with Crippen molar-refractivity contribution in [3.63, 3.8) is 0 Å². The number of hydrogen-bond acceptors (Lipinski definition) is 3. The first-order valence-electron chi connectivity index (χ1n) is 8.27. The van der Waals surface area contributed by atoms with Gasteiger partial charge in [0.1, 0.15) is 0 Å². The van der Waals surface area contributed by atoms with E-state index in [1.54, 1.807) is 4.90 Å². The normalized spacial score (nSPS) is 13.1. The van der Waals surface area contributed by atoms with Crippen LogP contribution in [-0.4, -0.2) is 25.9 Å². The predicted molar refractivity (Wildman–Crippen MR) is 93.7 cm³/mol. The van der Waals surface area contributed by atoms with Gasteiger partial charge in [0, 0.05) is 12.2 Å². The van der Waals surface area contributed by atoms with E-state index >= 15 is 0 Å². The van der Waals surface area contributed by atoms with Crippen molar-refractivity contribution in [2.45, 2.75) is 19.8 Å². The van der Waals surface area contributed by atoms with Gasteiger partial charge in [-0.25, -0.2) is 4.79 Å². The zero-order valence-corrected chi connectivity index (χ0v) is 13.8. The number of urea groups is 1. The minimum Gasteiger partial charge on any atom is -0.490 e. The highest BCUT2D eigenvalue weighted by Gasteiger charge is 2.21. The molecular weight excluding hydrogens is 304 g/mol. The Labute approximate surface area is 142 Å². The summed E-state index contributed by atoms with van der Waals surface area (Å²) in [5, 5.41) is 2.82. The van der Waals surface area contributed by atoms with Gasteiger partial charge in [-0.3, -0.25) is 4.90 Å². The molecular formula is C19H22N2O3. The lowest BCUT2D eigenvalue weighted by atomic mass is 10.0. The Balaban J connectivity index is 1.59. The Kier molecular flexibility index (Phi) is 5.21. The molecule has 2 aromatic rings. The van der Waals surface area contributed by atoms with E-state index in [0.29, 0.717) is 18.1 Å². The first kappa shape index (κ1) is 16.2. The van der Waals surface area contributed by atoms with E-state index < -0.39 is 0 Å². The second kappa shape index (κ2) is 7.73. The van der Waals surface area contributed by atoms with Crippen molar-refractivity contribution < 1.29 is 14.3 Å². The molecule has 1 aliphatic rings. The van der Waals surface area contributed by atoms with E-state index in [2.05, 4.69) is 11.4 Å². The fourth-order valence-corrected chi connectivity index (χ4v) is 2.86. The Morgan fingerprint density at radius 1 is 1.08 bits per heavy atom. The summed E-state index contributed by atoms with van der Waals surface area (Å²) < 4.78 is 11.2. The number of anilines is 1. The Morgan fingerprint density at radius 3 is 2.58 bits per heavy atom. The molecule has 126 valence electrons. The molecule has 24 heavy (non-hydrogen) atoms. The number of amides is 2. The van der Waals surface area contributed by atoms with Crippen molar-refractivity contribution in [2.24, 2.45) is 0 Å². The average Bonchev–Trinajstić information content (AvgIpc) is 2.63. The van der Waals surface area contributed by atoms with Crippen molar-refractivity contribution in [2.75, 3.05) is 24.8 Å². The van der Waals surface area contributed by atoms with Crippen LogP contribution >= 0.6 is 0 Å². The van der Waals surface area contributed by atoms with Crippen LogP contribution in [0.2, 0.25) is 0 Å². The van der Waals surface area contributed by atoms with Crippen LogP contribution in [0, 0.1) is 0 Å². The van der Waals surface area contributed by atoms with Crippen LogP contribution in [0.1, 0.15) is 18.9 Å². The molecule has 0 fully saturated rings. The summed E-state index contributed by atoms with van der Waals surface area (Å²) in [6.45, 7) is 3.31. The number of ether oxygens (including phenoxy) is 2. The molecule has 1 heterocycles. The molecule has 1 aliphatic heterocycles. The lowest BCUT2D eigenvalue weighted by Crippen LogP contribution is -2.44. The predicted octanol–water partition coefficient (Wildman–Crippen LogP) is 3.58. The molecule has 0 aromatic heterocycles. The third-order valence-electron chi connectivity index (χ3n) is 3.96. The number of carbonyl (C=O) groups excluding carboxylic acids is 1. The standard InChI is InChI=1S/C19H22N2O3/c1-2-23-17-11-5-6-12-18(17)24-14-20-19(22)21-13-7-9-15-8-3-4-10-16(15)21/h3-6,8,10-12H,2,7,9,13-14H2,1H3,(H,20,22). The monoisotopic (exact) mass is 326 g/mol. The van der Waals surface area contributed by atoms with E-state index in [1.807, 2.05) is 49.4 Å². The fraction of sp³-hybridized carbons (Fsp3) is 0.316. The molecule has 0 saturated heterocycles. The number of benzene rings is 2. The number of nitrogens with one attached hydrogen (secondary N) is 1. The second-order valence-electron chi connectivity index (χ2n) is 5.53. The Morgan fingerprint density at radius 2 is 1.79 bits per heavy atom. The number of carbonyl (C=O) groups is 1. The van der Waals surface area contributed by atoms with Gasteiger partial charge >= 0.3 is 6.03 Å². The summed E-state index contributed by atoms with van der Waals surface area (Å²) in [5.74, 6) is 1.30. The second-order valence-corrected chi connectivity index (χ2v) is 5.53. The Bertz CT molecular complexity index is 703. The number of aryl methyl sites for hydroxylation is 1. The summed E-state index contributed by atoms with van der Waals surface area (Å²) in [7, 11) is 0. The molecule has 0 spiro atoms. The molecule has 0 atom stereocenters. The fourth-order valence-electron chi connectivity index (χ4n) is 2.86. The van der Waals surface area contributed by atoms with Gasteiger partial charge in [0.05, 0.1) is 6.61 Å². The number of para-hydroxylation sites is 3. The van der Waals surface area contributed by atoms with Crippen molar-refractivity contribution >= 4 is 11.7 Å². The summed E-state index contributed by atoms with van der Waals surface area (Å²) >= 11 is 0. The van der Waals surface area contributed by atoms with Gasteiger partial charge < -0.3 is 14.8 Å². The van der Waals surface area contributed by atoms with E-state index in [0.717, 1.165) is 25.1 Å². The van der Waals surface area contributed by atoms with Crippen molar-refractivity contribution in [1.82, 2.24) is 5.32 Å². The molecule has 0 radical (unpaired) electrons. The van der Waals surface area contributed by atoms with Crippen LogP contribution in [0.15, 0.2) is 48.5 Å². The zero-order valence-electron chi connectivity index (χ0n) is 13.8. The van der Waals surface area contributed by atoms with Crippen LogP contribution in [0.25, 0.3) is 0 Å². The van der Waals surface area contributed by atoms with Gasteiger partial charge in [-0.2, -0.15) is 0 Å². The Hall–Kier alpha value is -2.69. The van der Waals surface area contributed by atoms with Crippen molar-refractivity contribution in [3.05, 3.63) is 54.1 Å². The van der Waals surface area contributed by atoms with E-state index in [1.165, 1.54) is 5.56 Å². The first-order chi connectivity index (χ1) is 11.8. The van der Waals surface area contributed by atoms with Crippen molar-refractivity contribution in [1.29, 1.82) is 0 Å². The molecule has 0 unspecified atom stereocenters. The van der Waals surface area contributed by atoms with Gasteiger partial charge in [0.2, 0.25) is 0 Å². The van der Waals surface area contributed by atoms with E-state index in [9.17, 15) is 4.79 Å². The molecule has 1 N–H and O–H groups in total. The highest BCUT2D eigenvalue weighted by molar-refractivity contribution is 5.93. The smallest absolute Gasteiger partial charge is 0.324 e. The molecule has 0 saturated carbocycles. The van der Waals surface area contributed by atoms with E-state index in [4.69, 9.17) is 9.47 Å². The zero-order chi connectivity index (χ0) is 16.8. The minimum atomic E-state index is -0.143. The molecule has 0 aliphatic carbocycles. The number of hydrogen-bond donors (Lipinski definition) is 1. The SMILES string of the molecule is CCOc1ccccc1OCNC(=O)N1CCCc2ccccc21.